The minimum absolute atomic E-state index is 0.104. The van der Waals surface area contributed by atoms with Crippen molar-refractivity contribution in [3.8, 4) is 0 Å². The van der Waals surface area contributed by atoms with Crippen molar-refractivity contribution in [3.63, 3.8) is 0 Å². The first-order valence-electron chi connectivity index (χ1n) is 5.94. The van der Waals surface area contributed by atoms with Gasteiger partial charge in [-0.2, -0.15) is 0 Å². The van der Waals surface area contributed by atoms with Gasteiger partial charge in [0.05, 0.1) is 4.90 Å². The van der Waals surface area contributed by atoms with Crippen molar-refractivity contribution < 1.29 is 8.42 Å². The first-order chi connectivity index (χ1) is 8.09. The molecule has 4 nitrogen and oxygen atoms in total. The number of hydrogen-bond donors (Lipinski definition) is 2. The van der Waals surface area contributed by atoms with Crippen molar-refractivity contribution in [3.05, 3.63) is 29.8 Å². The highest BCUT2D eigenvalue weighted by Gasteiger charge is 2.21. The number of nitrogens with two attached hydrogens (primary N) is 1. The van der Waals surface area contributed by atoms with E-state index in [4.69, 9.17) is 5.14 Å². The summed E-state index contributed by atoms with van der Waals surface area (Å²) < 4.78 is 23.1. The number of sulfonamides is 1. The van der Waals surface area contributed by atoms with E-state index in [1.165, 1.54) is 6.42 Å². The Morgan fingerprint density at radius 3 is 2.71 bits per heavy atom. The summed E-state index contributed by atoms with van der Waals surface area (Å²) in [6.07, 6.45) is 4.43. The average Bonchev–Trinajstić information content (AvgIpc) is 2.56. The first-order valence-corrected chi connectivity index (χ1v) is 7.49. The maximum atomic E-state index is 11.5. The van der Waals surface area contributed by atoms with Gasteiger partial charge in [-0.25, -0.2) is 13.6 Å². The van der Waals surface area contributed by atoms with Crippen molar-refractivity contribution in [1.82, 2.24) is 5.32 Å². The molecule has 1 unspecified atom stereocenters. The van der Waals surface area contributed by atoms with E-state index in [1.807, 2.05) is 12.1 Å². The molecule has 2 rings (SSSR count). The normalized spacial score (nSPS) is 22.1. The summed E-state index contributed by atoms with van der Waals surface area (Å²) in [5.74, 6) is 0. The van der Waals surface area contributed by atoms with Crippen LogP contribution in [-0.4, -0.2) is 15.0 Å². The second-order valence-corrected chi connectivity index (χ2v) is 5.97. The summed E-state index contributed by atoms with van der Waals surface area (Å²) >= 11 is 0. The minimum Gasteiger partial charge on any atom is -0.310 e. The smallest absolute Gasteiger partial charge is 0.238 e. The maximum absolute atomic E-state index is 11.5. The fourth-order valence-corrected chi connectivity index (χ4v) is 3.13. The predicted octanol–water partition coefficient (Wildman–Crippen LogP) is 1.54. The molecule has 1 atom stereocenters. The van der Waals surface area contributed by atoms with Crippen LogP contribution in [-0.2, 0) is 10.0 Å². The van der Waals surface area contributed by atoms with Crippen LogP contribution in [0, 0.1) is 0 Å². The Kier molecular flexibility index (Phi) is 3.81. The van der Waals surface area contributed by atoms with E-state index in [1.54, 1.807) is 12.1 Å². The Labute approximate surface area is 102 Å². The number of primary sulfonamides is 1. The molecule has 0 bridgehead atoms. The van der Waals surface area contributed by atoms with Gasteiger partial charge in [-0.1, -0.05) is 31.0 Å². The van der Waals surface area contributed by atoms with Crippen molar-refractivity contribution in [1.29, 1.82) is 0 Å². The largest absolute Gasteiger partial charge is 0.310 e. The summed E-state index contributed by atoms with van der Waals surface area (Å²) in [5, 5.41) is 8.64. The number of benzene rings is 1. The quantitative estimate of drug-likeness (QED) is 0.841. The Morgan fingerprint density at radius 2 is 1.94 bits per heavy atom. The summed E-state index contributed by atoms with van der Waals surface area (Å²) in [6, 6.07) is 7.10. The van der Waals surface area contributed by atoms with Gasteiger partial charge in [0.2, 0.25) is 10.0 Å². The second kappa shape index (κ2) is 5.16. The van der Waals surface area contributed by atoms with Crippen molar-refractivity contribution in [2.75, 3.05) is 6.54 Å². The van der Waals surface area contributed by atoms with Crippen LogP contribution >= 0.6 is 0 Å². The molecule has 0 radical (unpaired) electrons. The molecule has 3 N–H and O–H groups in total. The van der Waals surface area contributed by atoms with Gasteiger partial charge < -0.3 is 5.32 Å². The van der Waals surface area contributed by atoms with Gasteiger partial charge in [-0.3, -0.25) is 0 Å². The van der Waals surface area contributed by atoms with Gasteiger partial charge in [-0.05, 0) is 31.0 Å². The molecule has 1 aliphatic rings. The van der Waals surface area contributed by atoms with E-state index >= 15 is 0 Å². The van der Waals surface area contributed by atoms with Crippen molar-refractivity contribution in [2.24, 2.45) is 5.14 Å². The molecule has 1 aromatic rings. The lowest BCUT2D eigenvalue weighted by molar-refractivity contribution is 0.523. The van der Waals surface area contributed by atoms with E-state index in [-0.39, 0.29) is 10.9 Å². The van der Waals surface area contributed by atoms with E-state index in [9.17, 15) is 8.42 Å². The lowest BCUT2D eigenvalue weighted by Crippen LogP contribution is -2.24. The van der Waals surface area contributed by atoms with Gasteiger partial charge in [0.25, 0.3) is 0 Å². The van der Waals surface area contributed by atoms with E-state index in [0.29, 0.717) is 0 Å². The van der Waals surface area contributed by atoms with Crippen LogP contribution in [0.5, 0.6) is 0 Å². The van der Waals surface area contributed by atoms with E-state index < -0.39 is 10.0 Å². The van der Waals surface area contributed by atoms with Gasteiger partial charge in [0.1, 0.15) is 0 Å². The van der Waals surface area contributed by atoms with E-state index in [2.05, 4.69) is 5.32 Å². The van der Waals surface area contributed by atoms with Crippen molar-refractivity contribution in [2.45, 2.75) is 36.6 Å². The topological polar surface area (TPSA) is 72.2 Å². The molecule has 1 fully saturated rings. The molecule has 17 heavy (non-hydrogen) atoms. The van der Waals surface area contributed by atoms with Gasteiger partial charge in [0, 0.05) is 6.04 Å². The van der Waals surface area contributed by atoms with Crippen molar-refractivity contribution >= 4 is 10.0 Å². The zero-order chi connectivity index (χ0) is 12.3. The Hall–Kier alpha value is -0.910. The zero-order valence-electron chi connectivity index (χ0n) is 9.72. The Bertz CT molecular complexity index is 477. The SMILES string of the molecule is NS(=O)(=O)c1ccccc1C1CCCCCN1. The Morgan fingerprint density at radius 1 is 1.18 bits per heavy atom. The molecule has 0 amide bonds. The zero-order valence-corrected chi connectivity index (χ0v) is 10.5. The van der Waals surface area contributed by atoms with Crippen LogP contribution in [0.4, 0.5) is 0 Å². The lowest BCUT2D eigenvalue weighted by Gasteiger charge is -2.18. The molecule has 1 heterocycles. The number of nitrogens with one attached hydrogen (secondary N) is 1. The highest BCUT2D eigenvalue weighted by atomic mass is 32.2. The number of hydrogen-bond acceptors (Lipinski definition) is 3. The molecule has 0 spiro atoms. The van der Waals surface area contributed by atoms with Gasteiger partial charge in [-0.15, -0.1) is 0 Å². The number of rotatable bonds is 2. The molecule has 94 valence electrons. The minimum atomic E-state index is -3.63. The fraction of sp³-hybridized carbons (Fsp3) is 0.500. The molecule has 0 saturated carbocycles. The molecule has 1 aliphatic heterocycles. The van der Waals surface area contributed by atoms with Crippen LogP contribution in [0.15, 0.2) is 29.2 Å². The molecular weight excluding hydrogens is 236 g/mol. The maximum Gasteiger partial charge on any atom is 0.238 e. The molecular formula is C12H18N2O2S. The van der Waals surface area contributed by atoms with Crippen LogP contribution < -0.4 is 10.5 Å². The lowest BCUT2D eigenvalue weighted by atomic mass is 10.0. The molecule has 0 aromatic heterocycles. The average molecular weight is 254 g/mol. The standard InChI is InChI=1S/C12H18N2O2S/c13-17(15,16)12-8-4-3-6-10(12)11-7-2-1-5-9-14-11/h3-4,6,8,11,14H,1-2,5,7,9H2,(H2,13,15,16). The highest BCUT2D eigenvalue weighted by Crippen LogP contribution is 2.27. The molecule has 1 saturated heterocycles. The predicted molar refractivity (Wildman–Crippen MR) is 67.0 cm³/mol. The van der Waals surface area contributed by atoms with Crippen LogP contribution in [0.1, 0.15) is 37.3 Å². The highest BCUT2D eigenvalue weighted by molar-refractivity contribution is 7.89. The summed E-state index contributed by atoms with van der Waals surface area (Å²) in [6.45, 7) is 0.934. The summed E-state index contributed by atoms with van der Waals surface area (Å²) in [4.78, 5) is 0.249. The summed E-state index contributed by atoms with van der Waals surface area (Å²) in [7, 11) is -3.63. The van der Waals surface area contributed by atoms with Crippen LogP contribution in [0.25, 0.3) is 0 Å². The Balaban J connectivity index is 2.37. The molecule has 0 aliphatic carbocycles. The molecule has 1 aromatic carbocycles. The van der Waals surface area contributed by atoms with Crippen LogP contribution in [0.2, 0.25) is 0 Å². The van der Waals surface area contributed by atoms with Crippen LogP contribution in [0.3, 0.4) is 0 Å². The third-order valence-corrected chi connectivity index (χ3v) is 4.15. The second-order valence-electron chi connectivity index (χ2n) is 4.44. The fourth-order valence-electron chi connectivity index (χ4n) is 2.32. The first kappa shape index (κ1) is 12.5. The third kappa shape index (κ3) is 3.06. The van der Waals surface area contributed by atoms with E-state index in [0.717, 1.165) is 31.4 Å². The monoisotopic (exact) mass is 254 g/mol. The third-order valence-electron chi connectivity index (χ3n) is 3.16. The van der Waals surface area contributed by atoms with Gasteiger partial charge >= 0.3 is 0 Å². The van der Waals surface area contributed by atoms with Gasteiger partial charge in [0.15, 0.2) is 0 Å². The summed E-state index contributed by atoms with van der Waals surface area (Å²) in [5.41, 5.74) is 0.803. The molecule has 5 heteroatoms.